The van der Waals surface area contributed by atoms with Crippen LogP contribution < -0.4 is 4.74 Å². The molecule has 2 rings (SSSR count). The summed E-state index contributed by atoms with van der Waals surface area (Å²) in [5, 5.41) is 0.723. The van der Waals surface area contributed by atoms with Gasteiger partial charge in [-0.1, -0.05) is 34.5 Å². The van der Waals surface area contributed by atoms with Crippen LogP contribution in [0, 0.1) is 0 Å². The molecule has 0 N–H and O–H groups in total. The number of hydrogen-bond donors (Lipinski definition) is 0. The van der Waals surface area contributed by atoms with Gasteiger partial charge >= 0.3 is 0 Å². The second-order valence-electron chi connectivity index (χ2n) is 4.41. The van der Waals surface area contributed by atoms with Gasteiger partial charge in [0.25, 0.3) is 0 Å². The molecule has 104 valence electrons. The van der Waals surface area contributed by atoms with E-state index in [-0.39, 0.29) is 5.78 Å². The zero-order chi connectivity index (χ0) is 14.7. The Bertz CT molecular complexity index is 653. The first-order chi connectivity index (χ1) is 9.51. The molecule has 0 aliphatic heterocycles. The number of carbonyl (C=O) groups excluding carboxylic acids is 1. The topological polar surface area (TPSA) is 26.3 Å². The largest absolute Gasteiger partial charge is 0.457 e. The summed E-state index contributed by atoms with van der Waals surface area (Å²) in [5.74, 6) is 1.18. The van der Waals surface area contributed by atoms with Gasteiger partial charge in [0.05, 0.1) is 5.56 Å². The van der Waals surface area contributed by atoms with Gasteiger partial charge in [-0.3, -0.25) is 4.79 Å². The van der Waals surface area contributed by atoms with Crippen LogP contribution >= 0.6 is 27.5 Å². The van der Waals surface area contributed by atoms with Gasteiger partial charge in [0.2, 0.25) is 0 Å². The number of benzene rings is 2. The third kappa shape index (κ3) is 3.41. The maximum Gasteiger partial charge on any atom is 0.163 e. The molecular weight excluding hydrogens is 340 g/mol. The van der Waals surface area contributed by atoms with Crippen LogP contribution in [0.25, 0.3) is 0 Å². The average molecular weight is 354 g/mol. The second-order valence-corrected chi connectivity index (χ2v) is 5.73. The molecule has 0 heterocycles. The van der Waals surface area contributed by atoms with Crippen molar-refractivity contribution in [3.63, 3.8) is 0 Å². The minimum Gasteiger partial charge on any atom is -0.457 e. The molecule has 0 fully saturated rings. The first-order valence-electron chi connectivity index (χ1n) is 6.28. The van der Waals surface area contributed by atoms with E-state index in [1.54, 1.807) is 24.3 Å². The molecule has 0 saturated carbocycles. The van der Waals surface area contributed by atoms with Crippen molar-refractivity contribution in [3.8, 4) is 11.5 Å². The molecular formula is C16H14BrClO2. The van der Waals surface area contributed by atoms with Crippen molar-refractivity contribution in [2.45, 2.75) is 20.3 Å². The third-order valence-corrected chi connectivity index (χ3v) is 3.81. The Hall–Kier alpha value is -1.32. The molecule has 0 aliphatic rings. The molecule has 0 spiro atoms. The zero-order valence-corrected chi connectivity index (χ0v) is 13.6. The molecule has 2 aromatic rings. The van der Waals surface area contributed by atoms with Gasteiger partial charge in [0, 0.05) is 9.50 Å². The average Bonchev–Trinajstić information content (AvgIpc) is 2.40. The summed E-state index contributed by atoms with van der Waals surface area (Å²) in [6.45, 7) is 3.56. The molecule has 0 saturated heterocycles. The van der Waals surface area contributed by atoms with Crippen LogP contribution in [0.5, 0.6) is 11.5 Å². The highest BCUT2D eigenvalue weighted by atomic mass is 79.9. The summed E-state index contributed by atoms with van der Waals surface area (Å²) in [6, 6.07) is 10.9. The second kappa shape index (κ2) is 6.42. The number of Topliss-reactive ketones (excluding diaryl/α,β-unsaturated/α-hetero) is 1. The van der Waals surface area contributed by atoms with E-state index in [9.17, 15) is 4.79 Å². The van der Waals surface area contributed by atoms with Crippen LogP contribution in [0.1, 0.15) is 29.8 Å². The normalized spacial score (nSPS) is 10.4. The van der Waals surface area contributed by atoms with Gasteiger partial charge in [0.1, 0.15) is 11.5 Å². The van der Waals surface area contributed by atoms with Crippen molar-refractivity contribution in [2.24, 2.45) is 0 Å². The van der Waals surface area contributed by atoms with Gasteiger partial charge in [-0.05, 0) is 55.3 Å². The smallest absolute Gasteiger partial charge is 0.163 e. The van der Waals surface area contributed by atoms with Crippen molar-refractivity contribution < 1.29 is 9.53 Å². The van der Waals surface area contributed by atoms with E-state index >= 15 is 0 Å². The van der Waals surface area contributed by atoms with E-state index in [4.69, 9.17) is 16.3 Å². The Balaban J connectivity index is 2.39. The fourth-order valence-corrected chi connectivity index (χ4v) is 2.48. The van der Waals surface area contributed by atoms with E-state index < -0.39 is 0 Å². The highest BCUT2D eigenvalue weighted by molar-refractivity contribution is 9.10. The van der Waals surface area contributed by atoms with Crippen LogP contribution in [-0.2, 0) is 6.42 Å². The SMILES string of the molecule is CCc1cc(Oc2cc(Br)ccc2C(C)=O)ccc1Cl. The van der Waals surface area contributed by atoms with Crippen molar-refractivity contribution >= 4 is 33.3 Å². The molecule has 4 heteroatoms. The number of ketones is 1. The number of hydrogen-bond acceptors (Lipinski definition) is 2. The molecule has 0 unspecified atom stereocenters. The molecule has 0 aromatic heterocycles. The van der Waals surface area contributed by atoms with E-state index in [0.29, 0.717) is 17.1 Å². The zero-order valence-electron chi connectivity index (χ0n) is 11.2. The molecule has 0 aliphatic carbocycles. The molecule has 2 aromatic carbocycles. The third-order valence-electron chi connectivity index (χ3n) is 2.95. The lowest BCUT2D eigenvalue weighted by molar-refractivity contribution is 0.101. The van der Waals surface area contributed by atoms with Gasteiger partial charge in [0.15, 0.2) is 5.78 Å². The number of carbonyl (C=O) groups is 1. The van der Waals surface area contributed by atoms with Crippen LogP contribution in [0.2, 0.25) is 5.02 Å². The maximum absolute atomic E-state index is 11.6. The lowest BCUT2D eigenvalue weighted by Crippen LogP contribution is -1.97. The summed E-state index contributed by atoms with van der Waals surface area (Å²) < 4.78 is 6.70. The monoisotopic (exact) mass is 352 g/mol. The Kier molecular flexibility index (Phi) is 4.84. The lowest BCUT2D eigenvalue weighted by atomic mass is 10.1. The van der Waals surface area contributed by atoms with Gasteiger partial charge in [-0.25, -0.2) is 0 Å². The van der Waals surface area contributed by atoms with Gasteiger partial charge in [-0.2, -0.15) is 0 Å². The Labute approximate surface area is 131 Å². The maximum atomic E-state index is 11.6. The summed E-state index contributed by atoms with van der Waals surface area (Å²) in [7, 11) is 0. The predicted octanol–water partition coefficient (Wildman–Crippen LogP) is 5.66. The van der Waals surface area contributed by atoms with Gasteiger partial charge in [-0.15, -0.1) is 0 Å². The summed E-state index contributed by atoms with van der Waals surface area (Å²) in [6.07, 6.45) is 0.827. The van der Waals surface area contributed by atoms with Crippen LogP contribution in [-0.4, -0.2) is 5.78 Å². The minimum atomic E-state index is -0.0304. The quantitative estimate of drug-likeness (QED) is 0.663. The Morgan fingerprint density at radius 1 is 1.25 bits per heavy atom. The number of rotatable bonds is 4. The lowest BCUT2D eigenvalue weighted by Gasteiger charge is -2.11. The van der Waals surface area contributed by atoms with E-state index in [2.05, 4.69) is 15.9 Å². The van der Waals surface area contributed by atoms with Crippen LogP contribution in [0.15, 0.2) is 40.9 Å². The standard InChI is InChI=1S/C16H14BrClO2/c1-3-11-8-13(5-7-15(11)18)20-16-9-12(17)4-6-14(16)10(2)19/h4-9H,3H2,1-2H3. The molecule has 0 radical (unpaired) electrons. The van der Waals surface area contributed by atoms with E-state index in [1.807, 2.05) is 19.1 Å². The number of aryl methyl sites for hydroxylation is 1. The highest BCUT2D eigenvalue weighted by Crippen LogP contribution is 2.31. The molecule has 0 bridgehead atoms. The van der Waals surface area contributed by atoms with Crippen molar-refractivity contribution in [1.82, 2.24) is 0 Å². The fraction of sp³-hybridized carbons (Fsp3) is 0.188. The van der Waals surface area contributed by atoms with E-state index in [1.165, 1.54) is 6.92 Å². The number of halogens is 2. The summed E-state index contributed by atoms with van der Waals surface area (Å²) in [4.78, 5) is 11.6. The Morgan fingerprint density at radius 3 is 2.65 bits per heavy atom. The summed E-state index contributed by atoms with van der Waals surface area (Å²) >= 11 is 9.48. The van der Waals surface area contributed by atoms with Crippen molar-refractivity contribution in [1.29, 1.82) is 0 Å². The van der Waals surface area contributed by atoms with E-state index in [0.717, 1.165) is 21.5 Å². The fourth-order valence-electron chi connectivity index (χ4n) is 1.88. The number of ether oxygens (including phenoxy) is 1. The van der Waals surface area contributed by atoms with Crippen molar-refractivity contribution in [2.75, 3.05) is 0 Å². The Morgan fingerprint density at radius 2 is 2.00 bits per heavy atom. The summed E-state index contributed by atoms with van der Waals surface area (Å²) in [5.41, 5.74) is 1.57. The minimum absolute atomic E-state index is 0.0304. The van der Waals surface area contributed by atoms with Crippen LogP contribution in [0.4, 0.5) is 0 Å². The molecule has 20 heavy (non-hydrogen) atoms. The molecule has 2 nitrogen and oxygen atoms in total. The predicted molar refractivity (Wildman–Crippen MR) is 85.1 cm³/mol. The first kappa shape index (κ1) is 15.1. The van der Waals surface area contributed by atoms with Crippen LogP contribution in [0.3, 0.4) is 0 Å². The van der Waals surface area contributed by atoms with Crippen molar-refractivity contribution in [3.05, 3.63) is 57.0 Å². The molecule has 0 amide bonds. The highest BCUT2D eigenvalue weighted by Gasteiger charge is 2.11. The van der Waals surface area contributed by atoms with Gasteiger partial charge < -0.3 is 4.74 Å². The first-order valence-corrected chi connectivity index (χ1v) is 7.45. The molecule has 0 atom stereocenters.